The third kappa shape index (κ3) is 3.34. The fourth-order valence-electron chi connectivity index (χ4n) is 2.54. The second kappa shape index (κ2) is 5.87. The van der Waals surface area contributed by atoms with E-state index in [9.17, 15) is 4.79 Å². The van der Waals surface area contributed by atoms with Crippen molar-refractivity contribution in [2.75, 3.05) is 0 Å². The predicted molar refractivity (Wildman–Crippen MR) is 78.4 cm³/mol. The lowest BCUT2D eigenvalue weighted by Gasteiger charge is -1.99. The summed E-state index contributed by atoms with van der Waals surface area (Å²) in [5, 5.41) is 11.0. The maximum Gasteiger partial charge on any atom is 0.303 e. The van der Waals surface area contributed by atoms with Crippen LogP contribution in [0.4, 0.5) is 0 Å². The van der Waals surface area contributed by atoms with Gasteiger partial charge < -0.3 is 5.11 Å². The molecule has 1 aliphatic carbocycles. The zero-order chi connectivity index (χ0) is 13.8. The molecule has 0 saturated heterocycles. The van der Waals surface area contributed by atoms with Crippen molar-refractivity contribution in [1.82, 2.24) is 0 Å². The zero-order valence-corrected chi connectivity index (χ0v) is 11.5. The number of hydrogen-bond donors (Lipinski definition) is 1. The molecule has 1 N–H and O–H groups in total. The van der Waals surface area contributed by atoms with Gasteiger partial charge in [0.05, 0.1) is 0 Å². The van der Waals surface area contributed by atoms with Crippen LogP contribution in [0.5, 0.6) is 0 Å². The molecule has 0 aliphatic heterocycles. The van der Waals surface area contributed by atoms with Crippen molar-refractivity contribution in [1.29, 1.82) is 0 Å². The molecular weight excluding hydrogens is 236 g/mol. The van der Waals surface area contributed by atoms with Crippen molar-refractivity contribution in [2.45, 2.75) is 33.1 Å². The summed E-state index contributed by atoms with van der Waals surface area (Å²) in [5.41, 5.74) is 3.06. The van der Waals surface area contributed by atoms with Crippen LogP contribution in [-0.4, -0.2) is 11.1 Å². The van der Waals surface area contributed by atoms with E-state index in [1.807, 2.05) is 13.8 Å². The van der Waals surface area contributed by atoms with Crippen LogP contribution < -0.4 is 0 Å². The lowest BCUT2D eigenvalue weighted by Crippen LogP contribution is -1.99. The van der Waals surface area contributed by atoms with E-state index in [1.54, 1.807) is 0 Å². The first-order valence-corrected chi connectivity index (χ1v) is 6.79. The fourth-order valence-corrected chi connectivity index (χ4v) is 2.54. The van der Waals surface area contributed by atoms with Crippen molar-refractivity contribution in [3.8, 4) is 0 Å². The number of aliphatic carboxylic acids is 1. The maximum atomic E-state index is 9.81. The molecule has 0 fully saturated rings. The van der Waals surface area contributed by atoms with E-state index in [2.05, 4.69) is 36.4 Å². The molecule has 19 heavy (non-hydrogen) atoms. The summed E-state index contributed by atoms with van der Waals surface area (Å²) in [4.78, 5) is 9.81. The van der Waals surface area contributed by atoms with E-state index in [0.29, 0.717) is 0 Å². The van der Waals surface area contributed by atoms with Crippen molar-refractivity contribution in [2.24, 2.45) is 5.92 Å². The summed E-state index contributed by atoms with van der Waals surface area (Å²) in [6.07, 6.45) is 2.74. The van der Waals surface area contributed by atoms with Gasteiger partial charge in [0.2, 0.25) is 0 Å². The molecule has 0 saturated carbocycles. The quantitative estimate of drug-likeness (QED) is 0.880. The highest BCUT2D eigenvalue weighted by Crippen LogP contribution is 2.29. The Hall–Kier alpha value is -1.83. The maximum absolute atomic E-state index is 9.81. The number of carboxylic acids is 1. The van der Waals surface area contributed by atoms with Crippen LogP contribution in [0.1, 0.15) is 31.4 Å². The molecule has 0 spiro atoms. The number of benzene rings is 2. The van der Waals surface area contributed by atoms with Gasteiger partial charge in [-0.05, 0) is 40.7 Å². The largest absolute Gasteiger partial charge is 0.481 e. The van der Waals surface area contributed by atoms with Crippen LogP contribution in [0.2, 0.25) is 0 Å². The summed E-state index contributed by atoms with van der Waals surface area (Å²) in [7, 11) is 0. The van der Waals surface area contributed by atoms with Gasteiger partial charge >= 0.3 is 5.97 Å². The van der Waals surface area contributed by atoms with E-state index in [1.165, 1.54) is 34.7 Å². The van der Waals surface area contributed by atoms with Gasteiger partial charge in [-0.25, -0.2) is 0 Å². The molecule has 0 unspecified atom stereocenters. The molecule has 0 heterocycles. The van der Waals surface area contributed by atoms with E-state index in [-0.39, 0.29) is 12.3 Å². The predicted octanol–water partition coefficient (Wildman–Crippen LogP) is 4.06. The molecule has 2 nitrogen and oxygen atoms in total. The highest BCUT2D eigenvalue weighted by molar-refractivity contribution is 5.90. The zero-order valence-electron chi connectivity index (χ0n) is 11.5. The van der Waals surface area contributed by atoms with Gasteiger partial charge in [0.25, 0.3) is 0 Å². The van der Waals surface area contributed by atoms with Crippen LogP contribution in [-0.2, 0) is 17.6 Å². The van der Waals surface area contributed by atoms with E-state index < -0.39 is 5.97 Å². The molecular formula is C17H20O2. The van der Waals surface area contributed by atoms with Crippen LogP contribution in [0, 0.1) is 5.92 Å². The Labute approximate surface area is 114 Å². The second-order valence-corrected chi connectivity index (χ2v) is 5.42. The Morgan fingerprint density at radius 2 is 1.63 bits per heavy atom. The normalized spacial score (nSPS) is 12.4. The smallest absolute Gasteiger partial charge is 0.303 e. The molecule has 100 valence electrons. The average molecular weight is 256 g/mol. The van der Waals surface area contributed by atoms with E-state index >= 15 is 0 Å². The highest BCUT2D eigenvalue weighted by atomic mass is 16.4. The first kappa shape index (κ1) is 13.6. The van der Waals surface area contributed by atoms with Crippen molar-refractivity contribution in [3.05, 3.63) is 47.5 Å². The van der Waals surface area contributed by atoms with Crippen LogP contribution in [0.25, 0.3) is 10.8 Å². The van der Waals surface area contributed by atoms with Gasteiger partial charge in [-0.2, -0.15) is 0 Å². The monoisotopic (exact) mass is 256 g/mol. The number of carboxylic acid groups (broad SMARTS) is 1. The van der Waals surface area contributed by atoms with Crippen LogP contribution >= 0.6 is 0 Å². The fraction of sp³-hybridized carbons (Fsp3) is 0.353. The third-order valence-corrected chi connectivity index (χ3v) is 3.32. The van der Waals surface area contributed by atoms with E-state index in [0.717, 1.165) is 0 Å². The van der Waals surface area contributed by atoms with Gasteiger partial charge in [-0.15, -0.1) is 0 Å². The first-order valence-electron chi connectivity index (χ1n) is 6.79. The molecule has 2 aromatic carbocycles. The minimum absolute atomic E-state index is 0.275. The molecule has 0 aromatic heterocycles. The number of rotatable bonds is 2. The minimum Gasteiger partial charge on any atom is -0.481 e. The van der Waals surface area contributed by atoms with E-state index in [4.69, 9.17) is 5.11 Å². The molecule has 0 radical (unpaired) electrons. The van der Waals surface area contributed by atoms with Crippen molar-refractivity contribution >= 4 is 16.7 Å². The molecule has 0 amide bonds. The average Bonchev–Trinajstić information content (AvgIpc) is 2.75. The molecule has 3 rings (SSSR count). The Kier molecular flexibility index (Phi) is 4.20. The number of aryl methyl sites for hydroxylation is 2. The van der Waals surface area contributed by atoms with Crippen molar-refractivity contribution < 1.29 is 9.90 Å². The molecule has 2 heteroatoms. The molecule has 1 aliphatic rings. The summed E-state index contributed by atoms with van der Waals surface area (Å²) in [5.74, 6) is -0.438. The third-order valence-electron chi connectivity index (χ3n) is 3.32. The van der Waals surface area contributed by atoms with Gasteiger partial charge in [0.1, 0.15) is 0 Å². The van der Waals surface area contributed by atoms with Crippen LogP contribution in [0.3, 0.4) is 0 Å². The molecule has 2 aromatic rings. The number of hydrogen-bond acceptors (Lipinski definition) is 1. The van der Waals surface area contributed by atoms with Gasteiger partial charge in [-0.3, -0.25) is 4.79 Å². The Morgan fingerprint density at radius 3 is 2.00 bits per heavy atom. The van der Waals surface area contributed by atoms with Gasteiger partial charge in [0.15, 0.2) is 0 Å². The summed E-state index contributed by atoms with van der Waals surface area (Å²) in [6, 6.07) is 13.2. The Balaban J connectivity index is 0.000000167. The van der Waals surface area contributed by atoms with Crippen molar-refractivity contribution in [3.63, 3.8) is 0 Å². The SMILES string of the molecule is CC(C)CC(=O)O.c1cc2c3c(cccc3c1)CC2. The van der Waals surface area contributed by atoms with Crippen LogP contribution in [0.15, 0.2) is 36.4 Å². The van der Waals surface area contributed by atoms with Gasteiger partial charge in [0, 0.05) is 6.42 Å². The number of carbonyl (C=O) groups is 1. The standard InChI is InChI=1S/C12H10.C5H10O2/c1-3-9-4-2-6-11-8-7-10(5-1)12(9)11;1-4(2)3-5(6)7/h1-6H,7-8H2;4H,3H2,1-2H3,(H,6,7). The molecule has 0 atom stereocenters. The topological polar surface area (TPSA) is 37.3 Å². The molecule has 0 bridgehead atoms. The first-order chi connectivity index (χ1) is 9.08. The lowest BCUT2D eigenvalue weighted by molar-refractivity contribution is -0.137. The summed E-state index contributed by atoms with van der Waals surface area (Å²) < 4.78 is 0. The minimum atomic E-state index is -0.713. The van der Waals surface area contributed by atoms with Gasteiger partial charge in [-0.1, -0.05) is 50.2 Å². The summed E-state index contributed by atoms with van der Waals surface area (Å²) >= 11 is 0. The lowest BCUT2D eigenvalue weighted by atomic mass is 10.1. The second-order valence-electron chi connectivity index (χ2n) is 5.42. The Bertz CT molecular complexity index is 546. The Morgan fingerprint density at radius 1 is 1.11 bits per heavy atom. The highest BCUT2D eigenvalue weighted by Gasteiger charge is 2.11. The summed E-state index contributed by atoms with van der Waals surface area (Å²) in [6.45, 7) is 3.77.